The maximum absolute atomic E-state index is 5.44. The van der Waals surface area contributed by atoms with Crippen LogP contribution in [0.25, 0.3) is 11.5 Å². The molecule has 0 radical (unpaired) electrons. The Morgan fingerprint density at radius 2 is 1.95 bits per heavy atom. The fraction of sp³-hybridized carbons (Fsp3) is 0.571. The fourth-order valence-electron chi connectivity index (χ4n) is 2.31. The van der Waals surface area contributed by atoms with E-state index in [1.807, 2.05) is 14.0 Å². The molecule has 1 N–H and O–H groups in total. The Morgan fingerprint density at radius 1 is 1.20 bits per heavy atom. The molecule has 0 aliphatic rings. The van der Waals surface area contributed by atoms with Gasteiger partial charge < -0.3 is 9.84 Å². The summed E-state index contributed by atoms with van der Waals surface area (Å²) in [7, 11) is 1.94. The molecule has 2 atom stereocenters. The standard InChI is InChI=1S/C14H21N5O/c1-8(2)12(9(3)15-5)14-18-13(19-20-14)11-6-7-16-10(4)17-11/h6-9,12,15H,1-5H3. The van der Waals surface area contributed by atoms with Crippen molar-refractivity contribution < 1.29 is 4.52 Å². The van der Waals surface area contributed by atoms with Crippen LogP contribution in [0.1, 0.15) is 38.4 Å². The molecule has 6 heteroatoms. The van der Waals surface area contributed by atoms with E-state index in [0.717, 1.165) is 0 Å². The van der Waals surface area contributed by atoms with Crippen LogP contribution in [0.5, 0.6) is 0 Å². The van der Waals surface area contributed by atoms with Crippen LogP contribution in [-0.2, 0) is 0 Å². The highest BCUT2D eigenvalue weighted by Crippen LogP contribution is 2.27. The number of nitrogens with zero attached hydrogens (tertiary/aromatic N) is 4. The van der Waals surface area contributed by atoms with Gasteiger partial charge in [0.25, 0.3) is 0 Å². The van der Waals surface area contributed by atoms with Crippen LogP contribution < -0.4 is 5.32 Å². The van der Waals surface area contributed by atoms with Crippen molar-refractivity contribution in [3.63, 3.8) is 0 Å². The molecule has 6 nitrogen and oxygen atoms in total. The van der Waals surface area contributed by atoms with E-state index < -0.39 is 0 Å². The predicted molar refractivity (Wildman–Crippen MR) is 76.2 cm³/mol. The van der Waals surface area contributed by atoms with Crippen molar-refractivity contribution in [1.82, 2.24) is 25.4 Å². The third-order valence-electron chi connectivity index (χ3n) is 3.44. The zero-order valence-corrected chi connectivity index (χ0v) is 12.6. The van der Waals surface area contributed by atoms with E-state index in [1.54, 1.807) is 12.3 Å². The highest BCUT2D eigenvalue weighted by atomic mass is 16.5. The van der Waals surface area contributed by atoms with Gasteiger partial charge in [0.2, 0.25) is 11.7 Å². The first-order valence-electron chi connectivity index (χ1n) is 6.83. The van der Waals surface area contributed by atoms with Crippen LogP contribution >= 0.6 is 0 Å². The smallest absolute Gasteiger partial charge is 0.231 e. The van der Waals surface area contributed by atoms with Gasteiger partial charge in [0.15, 0.2) is 0 Å². The molecule has 20 heavy (non-hydrogen) atoms. The average Bonchev–Trinajstić information content (AvgIpc) is 2.87. The minimum absolute atomic E-state index is 0.171. The lowest BCUT2D eigenvalue weighted by atomic mass is 9.89. The molecule has 2 rings (SSSR count). The molecular formula is C14H21N5O. The summed E-state index contributed by atoms with van der Waals surface area (Å²) in [6.45, 7) is 8.25. The van der Waals surface area contributed by atoms with E-state index in [0.29, 0.717) is 29.2 Å². The summed E-state index contributed by atoms with van der Waals surface area (Å²) in [6.07, 6.45) is 1.70. The molecule has 0 fully saturated rings. The van der Waals surface area contributed by atoms with Crippen molar-refractivity contribution in [3.8, 4) is 11.5 Å². The molecule has 0 spiro atoms. The first-order valence-corrected chi connectivity index (χ1v) is 6.83. The maximum atomic E-state index is 5.44. The Morgan fingerprint density at radius 3 is 2.55 bits per heavy atom. The maximum Gasteiger partial charge on any atom is 0.231 e. The molecule has 2 aromatic rings. The second kappa shape index (κ2) is 6.09. The largest absolute Gasteiger partial charge is 0.339 e. The van der Waals surface area contributed by atoms with E-state index in [9.17, 15) is 0 Å². The van der Waals surface area contributed by atoms with Crippen LogP contribution in [0.2, 0.25) is 0 Å². The van der Waals surface area contributed by atoms with Gasteiger partial charge >= 0.3 is 0 Å². The first kappa shape index (κ1) is 14.6. The van der Waals surface area contributed by atoms with Crippen molar-refractivity contribution in [3.05, 3.63) is 24.0 Å². The minimum atomic E-state index is 0.171. The predicted octanol–water partition coefficient (Wildman–Crippen LogP) is 2.18. The summed E-state index contributed by atoms with van der Waals surface area (Å²) in [5, 5.41) is 7.29. The third-order valence-corrected chi connectivity index (χ3v) is 3.44. The SMILES string of the molecule is CNC(C)C(c1nc(-c2ccnc(C)n2)no1)C(C)C. The van der Waals surface area contributed by atoms with Gasteiger partial charge in [-0.05, 0) is 32.9 Å². The number of likely N-dealkylation sites (N-methyl/N-ethyl adjacent to an activating group) is 1. The number of nitrogens with one attached hydrogen (secondary N) is 1. The molecule has 108 valence electrons. The monoisotopic (exact) mass is 275 g/mol. The Labute approximate surface area is 119 Å². The highest BCUT2D eigenvalue weighted by molar-refractivity contribution is 5.47. The van der Waals surface area contributed by atoms with E-state index in [2.05, 4.69) is 46.2 Å². The molecular weight excluding hydrogens is 254 g/mol. The van der Waals surface area contributed by atoms with Gasteiger partial charge in [-0.25, -0.2) is 9.97 Å². The lowest BCUT2D eigenvalue weighted by Crippen LogP contribution is -2.32. The molecule has 0 saturated carbocycles. The number of aryl methyl sites for hydroxylation is 1. The molecule has 0 bridgehead atoms. The second-order valence-corrected chi connectivity index (χ2v) is 5.29. The third kappa shape index (κ3) is 3.01. The normalized spacial score (nSPS) is 14.5. The summed E-state index contributed by atoms with van der Waals surface area (Å²) in [4.78, 5) is 12.9. The van der Waals surface area contributed by atoms with E-state index >= 15 is 0 Å². The number of hydrogen-bond donors (Lipinski definition) is 1. The van der Waals surface area contributed by atoms with Gasteiger partial charge in [-0.3, -0.25) is 0 Å². The lowest BCUT2D eigenvalue weighted by molar-refractivity contribution is 0.286. The molecule has 2 unspecified atom stereocenters. The van der Waals surface area contributed by atoms with Crippen molar-refractivity contribution in [1.29, 1.82) is 0 Å². The molecule has 0 aromatic carbocycles. The summed E-state index contributed by atoms with van der Waals surface area (Å²) in [5.41, 5.74) is 0.687. The quantitative estimate of drug-likeness (QED) is 0.901. The van der Waals surface area contributed by atoms with Crippen LogP contribution in [0, 0.1) is 12.8 Å². The number of rotatable bonds is 5. The van der Waals surface area contributed by atoms with Crippen LogP contribution in [0.15, 0.2) is 16.8 Å². The fourth-order valence-corrected chi connectivity index (χ4v) is 2.31. The van der Waals surface area contributed by atoms with E-state index in [-0.39, 0.29) is 12.0 Å². The number of aromatic nitrogens is 4. The highest BCUT2D eigenvalue weighted by Gasteiger charge is 2.27. The summed E-state index contributed by atoms with van der Waals surface area (Å²) in [5.74, 6) is 2.42. The zero-order chi connectivity index (χ0) is 14.7. The molecule has 0 aliphatic heterocycles. The van der Waals surface area contributed by atoms with Crippen molar-refractivity contribution >= 4 is 0 Å². The van der Waals surface area contributed by atoms with Crippen molar-refractivity contribution in [2.24, 2.45) is 5.92 Å². The van der Waals surface area contributed by atoms with Gasteiger partial charge in [-0.15, -0.1) is 0 Å². The van der Waals surface area contributed by atoms with Gasteiger partial charge in [0, 0.05) is 12.2 Å². The van der Waals surface area contributed by atoms with Crippen molar-refractivity contribution in [2.75, 3.05) is 7.05 Å². The van der Waals surface area contributed by atoms with Gasteiger partial charge in [0.05, 0.1) is 5.92 Å². The summed E-state index contributed by atoms with van der Waals surface area (Å²) >= 11 is 0. The van der Waals surface area contributed by atoms with Crippen molar-refractivity contribution in [2.45, 2.75) is 39.7 Å². The average molecular weight is 275 g/mol. The molecule has 0 saturated heterocycles. The molecule has 0 amide bonds. The molecule has 2 heterocycles. The van der Waals surface area contributed by atoms with Gasteiger partial charge in [-0.2, -0.15) is 4.98 Å². The first-order chi connectivity index (χ1) is 9.52. The Kier molecular flexibility index (Phi) is 4.44. The zero-order valence-electron chi connectivity index (χ0n) is 12.6. The summed E-state index contributed by atoms with van der Waals surface area (Å²) in [6, 6.07) is 2.04. The van der Waals surface area contributed by atoms with Crippen LogP contribution in [0.3, 0.4) is 0 Å². The van der Waals surface area contributed by atoms with Crippen LogP contribution in [0.4, 0.5) is 0 Å². The summed E-state index contributed by atoms with van der Waals surface area (Å²) < 4.78 is 5.44. The van der Waals surface area contributed by atoms with E-state index in [4.69, 9.17) is 4.52 Å². The van der Waals surface area contributed by atoms with Gasteiger partial charge in [0.1, 0.15) is 11.5 Å². The Balaban J connectivity index is 2.32. The van der Waals surface area contributed by atoms with Gasteiger partial charge in [-0.1, -0.05) is 19.0 Å². The second-order valence-electron chi connectivity index (χ2n) is 5.29. The lowest BCUT2D eigenvalue weighted by Gasteiger charge is -2.23. The minimum Gasteiger partial charge on any atom is -0.339 e. The van der Waals surface area contributed by atoms with Crippen LogP contribution in [-0.4, -0.2) is 33.2 Å². The molecule has 0 aliphatic carbocycles. The molecule has 2 aromatic heterocycles. The van der Waals surface area contributed by atoms with E-state index in [1.165, 1.54) is 0 Å². The number of hydrogen-bond acceptors (Lipinski definition) is 6. The Bertz CT molecular complexity index is 566. The topological polar surface area (TPSA) is 76.7 Å². The Hall–Kier alpha value is -1.82.